The fourth-order valence-corrected chi connectivity index (χ4v) is 2.41. The van der Waals surface area contributed by atoms with Gasteiger partial charge in [0.1, 0.15) is 0 Å². The van der Waals surface area contributed by atoms with Crippen LogP contribution in [0.4, 0.5) is 16.2 Å². The lowest BCUT2D eigenvalue weighted by Gasteiger charge is -2.26. The number of rotatable bonds is 4. The summed E-state index contributed by atoms with van der Waals surface area (Å²) in [5.41, 5.74) is 1.62. The molecule has 0 spiro atoms. The third kappa shape index (κ3) is 2.75. The fraction of sp³-hybridized carbons (Fsp3) is 0.429. The summed E-state index contributed by atoms with van der Waals surface area (Å²) in [7, 11) is 0. The first-order valence-electron chi connectivity index (χ1n) is 6.88. The molecule has 3 rings (SSSR count). The van der Waals surface area contributed by atoms with Gasteiger partial charge in [-0.05, 0) is 43.3 Å². The van der Waals surface area contributed by atoms with E-state index in [2.05, 4.69) is 16.0 Å². The van der Waals surface area contributed by atoms with E-state index in [1.54, 1.807) is 4.90 Å². The maximum Gasteiger partial charge on any atom is 0.321 e. The van der Waals surface area contributed by atoms with E-state index in [-0.39, 0.29) is 11.9 Å². The SMILES string of the molecule is O=C(CC1CNC1)Nc1ccc(N2CCNC2=O)cc1. The van der Waals surface area contributed by atoms with Crippen molar-refractivity contribution in [2.75, 3.05) is 36.4 Å². The molecule has 2 heterocycles. The van der Waals surface area contributed by atoms with Gasteiger partial charge in [-0.1, -0.05) is 0 Å². The molecule has 106 valence electrons. The lowest BCUT2D eigenvalue weighted by molar-refractivity contribution is -0.117. The quantitative estimate of drug-likeness (QED) is 0.759. The van der Waals surface area contributed by atoms with Gasteiger partial charge in [0.25, 0.3) is 0 Å². The Balaban J connectivity index is 1.58. The highest BCUT2D eigenvalue weighted by molar-refractivity contribution is 5.95. The minimum atomic E-state index is -0.0701. The third-order valence-electron chi connectivity index (χ3n) is 3.66. The summed E-state index contributed by atoms with van der Waals surface area (Å²) in [4.78, 5) is 25.0. The van der Waals surface area contributed by atoms with Crippen LogP contribution < -0.4 is 20.9 Å². The molecule has 1 aromatic rings. The average molecular weight is 274 g/mol. The van der Waals surface area contributed by atoms with Gasteiger partial charge in [-0.15, -0.1) is 0 Å². The number of anilines is 2. The zero-order valence-electron chi connectivity index (χ0n) is 11.2. The first-order valence-corrected chi connectivity index (χ1v) is 6.88. The smallest absolute Gasteiger partial charge is 0.321 e. The largest absolute Gasteiger partial charge is 0.336 e. The number of nitrogens with one attached hydrogen (secondary N) is 3. The Kier molecular flexibility index (Phi) is 3.56. The molecule has 2 saturated heterocycles. The molecule has 20 heavy (non-hydrogen) atoms. The molecular formula is C14H18N4O2. The minimum Gasteiger partial charge on any atom is -0.336 e. The second kappa shape index (κ2) is 5.50. The zero-order valence-corrected chi connectivity index (χ0v) is 11.2. The number of hydrogen-bond donors (Lipinski definition) is 3. The Hall–Kier alpha value is -2.08. The molecule has 2 aliphatic rings. The maximum absolute atomic E-state index is 11.8. The Morgan fingerprint density at radius 3 is 2.60 bits per heavy atom. The summed E-state index contributed by atoms with van der Waals surface area (Å²) in [6.45, 7) is 3.21. The van der Waals surface area contributed by atoms with Crippen molar-refractivity contribution in [2.45, 2.75) is 6.42 Å². The van der Waals surface area contributed by atoms with Gasteiger partial charge < -0.3 is 16.0 Å². The summed E-state index contributed by atoms with van der Waals surface area (Å²) in [6, 6.07) is 7.30. The number of carbonyl (C=O) groups is 2. The maximum atomic E-state index is 11.8. The molecular weight excluding hydrogens is 256 g/mol. The van der Waals surface area contributed by atoms with Crippen molar-refractivity contribution in [3.05, 3.63) is 24.3 Å². The number of hydrogen-bond acceptors (Lipinski definition) is 3. The van der Waals surface area contributed by atoms with Crippen molar-refractivity contribution in [1.82, 2.24) is 10.6 Å². The summed E-state index contributed by atoms with van der Waals surface area (Å²) in [6.07, 6.45) is 0.559. The number of urea groups is 1. The Morgan fingerprint density at radius 2 is 2.05 bits per heavy atom. The van der Waals surface area contributed by atoms with Crippen LogP contribution in [0.25, 0.3) is 0 Å². The number of amides is 3. The summed E-state index contributed by atoms with van der Waals surface area (Å²) >= 11 is 0. The summed E-state index contributed by atoms with van der Waals surface area (Å²) in [5.74, 6) is 0.505. The van der Waals surface area contributed by atoms with Crippen molar-refractivity contribution in [1.29, 1.82) is 0 Å². The van der Waals surface area contributed by atoms with Crippen LogP contribution in [0.2, 0.25) is 0 Å². The predicted octanol–water partition coefficient (Wildman–Crippen LogP) is 0.764. The monoisotopic (exact) mass is 274 g/mol. The van der Waals surface area contributed by atoms with Gasteiger partial charge in [-0.2, -0.15) is 0 Å². The molecule has 6 nitrogen and oxygen atoms in total. The van der Waals surface area contributed by atoms with Crippen LogP contribution in [-0.4, -0.2) is 38.1 Å². The van der Waals surface area contributed by atoms with Crippen molar-refractivity contribution >= 4 is 23.3 Å². The van der Waals surface area contributed by atoms with Crippen LogP contribution in [-0.2, 0) is 4.79 Å². The second-order valence-electron chi connectivity index (χ2n) is 5.21. The van der Waals surface area contributed by atoms with E-state index in [1.165, 1.54) is 0 Å². The van der Waals surface area contributed by atoms with Crippen molar-refractivity contribution in [3.63, 3.8) is 0 Å². The lowest BCUT2D eigenvalue weighted by atomic mass is 9.99. The molecule has 1 aromatic carbocycles. The van der Waals surface area contributed by atoms with E-state index < -0.39 is 0 Å². The van der Waals surface area contributed by atoms with Crippen LogP contribution in [0, 0.1) is 5.92 Å². The van der Waals surface area contributed by atoms with E-state index in [0.717, 1.165) is 24.5 Å². The average Bonchev–Trinajstić information content (AvgIpc) is 2.81. The van der Waals surface area contributed by atoms with Crippen LogP contribution in [0.3, 0.4) is 0 Å². The van der Waals surface area contributed by atoms with Gasteiger partial charge in [0, 0.05) is 30.9 Å². The first-order chi connectivity index (χ1) is 9.72. The second-order valence-corrected chi connectivity index (χ2v) is 5.21. The lowest BCUT2D eigenvalue weighted by Crippen LogP contribution is -2.43. The third-order valence-corrected chi connectivity index (χ3v) is 3.66. The van der Waals surface area contributed by atoms with Gasteiger partial charge in [0.05, 0.1) is 0 Å². The molecule has 0 unspecified atom stereocenters. The number of benzene rings is 1. The van der Waals surface area contributed by atoms with Gasteiger partial charge in [-0.25, -0.2) is 4.79 Å². The van der Waals surface area contributed by atoms with Crippen molar-refractivity contribution < 1.29 is 9.59 Å². The van der Waals surface area contributed by atoms with E-state index in [1.807, 2.05) is 24.3 Å². The molecule has 3 amide bonds. The molecule has 0 radical (unpaired) electrons. The normalized spacial score (nSPS) is 18.6. The highest BCUT2D eigenvalue weighted by Gasteiger charge is 2.21. The number of carbonyl (C=O) groups excluding carboxylic acids is 2. The Bertz CT molecular complexity index is 510. The molecule has 0 atom stereocenters. The Labute approximate surface area is 117 Å². The van der Waals surface area contributed by atoms with E-state index in [4.69, 9.17) is 0 Å². The topological polar surface area (TPSA) is 73.5 Å². The highest BCUT2D eigenvalue weighted by atomic mass is 16.2. The van der Waals surface area contributed by atoms with E-state index >= 15 is 0 Å². The van der Waals surface area contributed by atoms with Crippen LogP contribution in [0.5, 0.6) is 0 Å². The highest BCUT2D eigenvalue weighted by Crippen LogP contribution is 2.20. The van der Waals surface area contributed by atoms with Crippen molar-refractivity contribution in [3.8, 4) is 0 Å². The van der Waals surface area contributed by atoms with Gasteiger partial charge in [-0.3, -0.25) is 9.69 Å². The first kappa shape index (κ1) is 12.9. The fourth-order valence-electron chi connectivity index (χ4n) is 2.41. The van der Waals surface area contributed by atoms with E-state index in [9.17, 15) is 9.59 Å². The zero-order chi connectivity index (χ0) is 13.9. The molecule has 3 N–H and O–H groups in total. The van der Waals surface area contributed by atoms with Gasteiger partial charge >= 0.3 is 6.03 Å². The minimum absolute atomic E-state index is 0.0446. The Morgan fingerprint density at radius 1 is 1.30 bits per heavy atom. The summed E-state index contributed by atoms with van der Waals surface area (Å²) in [5, 5.41) is 8.79. The van der Waals surface area contributed by atoms with Gasteiger partial charge in [0.15, 0.2) is 0 Å². The molecule has 2 fully saturated rings. The molecule has 0 bridgehead atoms. The van der Waals surface area contributed by atoms with Crippen LogP contribution in [0.1, 0.15) is 6.42 Å². The van der Waals surface area contributed by atoms with Crippen molar-refractivity contribution in [2.24, 2.45) is 5.92 Å². The number of nitrogens with zero attached hydrogens (tertiary/aromatic N) is 1. The molecule has 0 aliphatic carbocycles. The predicted molar refractivity (Wildman–Crippen MR) is 76.8 cm³/mol. The summed E-state index contributed by atoms with van der Waals surface area (Å²) < 4.78 is 0. The molecule has 0 aromatic heterocycles. The van der Waals surface area contributed by atoms with Crippen LogP contribution >= 0.6 is 0 Å². The molecule has 0 saturated carbocycles. The molecule has 6 heteroatoms. The molecule has 2 aliphatic heterocycles. The van der Waals surface area contributed by atoms with E-state index in [0.29, 0.717) is 25.4 Å². The standard InChI is InChI=1S/C14H18N4O2/c19-13(7-10-8-15-9-10)17-11-1-3-12(4-2-11)18-6-5-16-14(18)20/h1-4,10,15H,5-9H2,(H,16,20)(H,17,19). The van der Waals surface area contributed by atoms with Crippen LogP contribution in [0.15, 0.2) is 24.3 Å². The van der Waals surface area contributed by atoms with Gasteiger partial charge in [0.2, 0.25) is 5.91 Å².